The Bertz CT molecular complexity index is 904. The van der Waals surface area contributed by atoms with Crippen molar-refractivity contribution < 1.29 is 14.3 Å². The number of carboxylic acids is 1. The predicted octanol–water partition coefficient (Wildman–Crippen LogP) is 7.84. The first kappa shape index (κ1) is 26.1. The van der Waals surface area contributed by atoms with E-state index in [1.54, 1.807) is 30.0 Å². The molecule has 1 aliphatic heterocycles. The van der Waals surface area contributed by atoms with E-state index in [0.717, 1.165) is 46.4 Å². The van der Waals surface area contributed by atoms with E-state index in [9.17, 15) is 14.3 Å². The van der Waals surface area contributed by atoms with Crippen LogP contribution < -0.4 is 0 Å². The van der Waals surface area contributed by atoms with E-state index in [2.05, 4.69) is 30.7 Å². The fourth-order valence-corrected chi connectivity index (χ4v) is 4.59. The van der Waals surface area contributed by atoms with E-state index in [-0.39, 0.29) is 18.2 Å². The Morgan fingerprint density at radius 2 is 2.07 bits per heavy atom. The summed E-state index contributed by atoms with van der Waals surface area (Å²) in [5, 5.41) is 12.2. The van der Waals surface area contributed by atoms with Crippen LogP contribution in [-0.2, 0) is 11.3 Å². The number of halogens is 2. The van der Waals surface area contributed by atoms with Crippen LogP contribution in [0.2, 0.25) is 0 Å². The highest BCUT2D eigenvalue weighted by molar-refractivity contribution is 8.02. The summed E-state index contributed by atoms with van der Waals surface area (Å²) < 4.78 is 16.1. The molecule has 0 radical (unpaired) electrons. The number of carbonyl (C=O) groups is 1. The van der Waals surface area contributed by atoms with E-state index < -0.39 is 5.97 Å². The van der Waals surface area contributed by atoms with Gasteiger partial charge in [0.1, 0.15) is 5.82 Å². The topological polar surface area (TPSA) is 42.2 Å². The molecule has 0 spiro atoms. The first-order chi connectivity index (χ1) is 14.5. The first-order valence-corrected chi connectivity index (χ1v) is 11.6. The number of aliphatic carboxylic acids is 1. The van der Waals surface area contributed by atoms with Crippen molar-refractivity contribution in [2.45, 2.75) is 57.4 Å². The summed E-state index contributed by atoms with van der Waals surface area (Å²) in [4.78, 5) is 12.3. The molecular weight excluding hydrogens is 421 g/mol. The van der Waals surface area contributed by atoms with E-state index in [1.165, 1.54) is 6.07 Å². The van der Waals surface area contributed by atoms with Crippen molar-refractivity contribution >= 4 is 46.3 Å². The molecule has 0 saturated carbocycles. The summed E-state index contributed by atoms with van der Waals surface area (Å²) in [7, 11) is 0. The maximum atomic E-state index is 14.0. The highest BCUT2D eigenvalue weighted by Crippen LogP contribution is 2.46. The highest BCUT2D eigenvalue weighted by Gasteiger charge is 2.31. The molecule has 30 heavy (non-hydrogen) atoms. The number of nitrogens with zero attached hydrogens (tertiary/aromatic N) is 1. The predicted molar refractivity (Wildman–Crippen MR) is 129 cm³/mol. The molecule has 6 heteroatoms. The van der Waals surface area contributed by atoms with Crippen LogP contribution in [0.25, 0.3) is 17.0 Å². The van der Waals surface area contributed by atoms with Crippen LogP contribution in [0.3, 0.4) is 0 Å². The molecule has 0 bridgehead atoms. The summed E-state index contributed by atoms with van der Waals surface area (Å²) in [6.07, 6.45) is 7.19. The molecule has 2 heterocycles. The minimum atomic E-state index is -0.797. The molecule has 0 fully saturated rings. The van der Waals surface area contributed by atoms with Gasteiger partial charge in [0.2, 0.25) is 0 Å². The molecule has 1 unspecified atom stereocenters. The molecule has 1 aliphatic rings. The maximum Gasteiger partial charge on any atom is 0.304 e. The fraction of sp³-hybridized carbons (Fsp3) is 0.375. The van der Waals surface area contributed by atoms with Gasteiger partial charge < -0.3 is 9.67 Å². The van der Waals surface area contributed by atoms with Crippen molar-refractivity contribution in [2.75, 3.05) is 5.88 Å². The Kier molecular flexibility index (Phi) is 11.6. The molecule has 3 rings (SSSR count). The molecule has 0 amide bonds. The van der Waals surface area contributed by atoms with Crippen LogP contribution in [-0.4, -0.2) is 21.5 Å². The van der Waals surface area contributed by atoms with Gasteiger partial charge in [-0.25, -0.2) is 4.39 Å². The molecule has 3 nitrogen and oxygen atoms in total. The van der Waals surface area contributed by atoms with Crippen molar-refractivity contribution in [1.29, 1.82) is 0 Å². The number of fused-ring (bicyclic) bond motifs is 3. The van der Waals surface area contributed by atoms with Crippen LogP contribution in [0.5, 0.6) is 0 Å². The molecule has 164 valence electrons. The van der Waals surface area contributed by atoms with Gasteiger partial charge in [-0.1, -0.05) is 57.3 Å². The minimum absolute atomic E-state index is 0.0341. The summed E-state index contributed by atoms with van der Waals surface area (Å²) in [6.45, 7) is 14.0. The normalized spacial score (nSPS) is 14.5. The number of carboxylic acid groups (broad SMARTS) is 1. The lowest BCUT2D eigenvalue weighted by molar-refractivity contribution is -0.137. The number of allylic oxidation sites excluding steroid dienone is 2. The number of hydrogen-bond donors (Lipinski definition) is 1. The summed E-state index contributed by atoms with van der Waals surface area (Å²) >= 11 is 6.66. The molecule has 1 aromatic heterocycles. The lowest BCUT2D eigenvalue weighted by Gasteiger charge is -2.09. The number of aryl methyl sites for hydroxylation is 1. The Balaban J connectivity index is 0.000000673. The maximum absolute atomic E-state index is 14.0. The lowest BCUT2D eigenvalue weighted by Crippen LogP contribution is -2.04. The molecule has 0 aliphatic carbocycles. The zero-order valence-electron chi connectivity index (χ0n) is 18.0. The second-order valence-corrected chi connectivity index (χ2v) is 7.61. The van der Waals surface area contributed by atoms with Gasteiger partial charge in [0.05, 0.1) is 11.9 Å². The summed E-state index contributed by atoms with van der Waals surface area (Å²) in [5.74, 6) is -0.568. The first-order valence-electron chi connectivity index (χ1n) is 10.2. The smallest absolute Gasteiger partial charge is 0.304 e. The summed E-state index contributed by atoms with van der Waals surface area (Å²) in [6, 6.07) is 3.04. The number of hydrogen-bond acceptors (Lipinski definition) is 2. The minimum Gasteiger partial charge on any atom is -0.481 e. The SMILES string of the molecule is C=CCCl.C=Cc1cc(F)cc2c1c(S/C=C/CC)c1n2CCC1CC(=O)O.CC. The third-order valence-electron chi connectivity index (χ3n) is 4.51. The van der Waals surface area contributed by atoms with Crippen molar-refractivity contribution in [1.82, 2.24) is 4.57 Å². The van der Waals surface area contributed by atoms with Crippen LogP contribution in [0.1, 0.15) is 57.2 Å². The monoisotopic (exact) mass is 451 g/mol. The Labute approximate surface area is 188 Å². The van der Waals surface area contributed by atoms with Crippen molar-refractivity contribution in [3.05, 3.63) is 59.9 Å². The van der Waals surface area contributed by atoms with E-state index in [1.807, 2.05) is 19.3 Å². The van der Waals surface area contributed by atoms with Crippen molar-refractivity contribution in [3.8, 4) is 0 Å². The second kappa shape index (κ2) is 13.3. The van der Waals surface area contributed by atoms with E-state index in [0.29, 0.717) is 5.88 Å². The number of rotatable bonds is 7. The number of benzene rings is 1. The van der Waals surface area contributed by atoms with Gasteiger partial charge in [-0.05, 0) is 35.9 Å². The average Bonchev–Trinajstić information content (AvgIpc) is 3.28. The molecule has 0 saturated heterocycles. The molecular formula is C24H31ClFNO2S. The van der Waals surface area contributed by atoms with Crippen LogP contribution in [0.4, 0.5) is 4.39 Å². The number of alkyl halides is 1. The zero-order chi connectivity index (χ0) is 22.7. The second-order valence-electron chi connectivity index (χ2n) is 6.38. The number of aromatic nitrogens is 1. The lowest BCUT2D eigenvalue weighted by atomic mass is 9.99. The third kappa shape index (κ3) is 6.26. The zero-order valence-corrected chi connectivity index (χ0v) is 19.5. The van der Waals surface area contributed by atoms with Crippen LogP contribution >= 0.6 is 23.4 Å². The van der Waals surface area contributed by atoms with Gasteiger partial charge in [-0.3, -0.25) is 4.79 Å². The van der Waals surface area contributed by atoms with Gasteiger partial charge in [0, 0.05) is 34.3 Å². The average molecular weight is 452 g/mol. The number of thioether (sulfide) groups is 1. The molecule has 1 N–H and O–H groups in total. The van der Waals surface area contributed by atoms with Gasteiger partial charge >= 0.3 is 5.97 Å². The van der Waals surface area contributed by atoms with Gasteiger partial charge in [0.15, 0.2) is 0 Å². The van der Waals surface area contributed by atoms with Crippen LogP contribution in [0, 0.1) is 5.82 Å². The Morgan fingerprint density at radius 3 is 2.60 bits per heavy atom. The Hall–Kier alpha value is -1.98. The van der Waals surface area contributed by atoms with Gasteiger partial charge in [-0.2, -0.15) is 0 Å². The molecule has 2 aromatic rings. The fourth-order valence-electron chi connectivity index (χ4n) is 3.42. The summed E-state index contributed by atoms with van der Waals surface area (Å²) in [5.41, 5.74) is 2.61. The Morgan fingerprint density at radius 1 is 1.40 bits per heavy atom. The quantitative estimate of drug-likeness (QED) is 0.265. The molecule has 1 aromatic carbocycles. The van der Waals surface area contributed by atoms with E-state index >= 15 is 0 Å². The van der Waals surface area contributed by atoms with E-state index in [4.69, 9.17) is 11.6 Å². The third-order valence-corrected chi connectivity index (χ3v) is 5.71. The van der Waals surface area contributed by atoms with Gasteiger partial charge in [0.25, 0.3) is 0 Å². The standard InChI is InChI=1S/C19H20FNO2S.C3H5Cl.C2H6/c1-3-5-8-24-19-17-12(4-2)9-14(20)11-15(17)21-7-6-13(18(19)21)10-16(22)23;1-2-3-4;1-2/h4-5,8-9,11,13H,2-3,6-7,10H2,1H3,(H,22,23);2H,1,3H2;1-2H3/b8-5+;;. The van der Waals surface area contributed by atoms with Gasteiger partial charge in [-0.15, -0.1) is 18.2 Å². The van der Waals surface area contributed by atoms with Crippen LogP contribution in [0.15, 0.2) is 47.7 Å². The highest BCUT2D eigenvalue weighted by atomic mass is 35.5. The van der Waals surface area contributed by atoms with Crippen molar-refractivity contribution in [3.63, 3.8) is 0 Å². The van der Waals surface area contributed by atoms with Crippen molar-refractivity contribution in [2.24, 2.45) is 0 Å². The molecule has 1 atom stereocenters. The largest absolute Gasteiger partial charge is 0.481 e.